The first-order chi connectivity index (χ1) is 11.3. The fraction of sp³-hybridized carbons (Fsp3) is 0.471. The third-order valence-electron chi connectivity index (χ3n) is 3.93. The normalized spacial score (nSPS) is 15.0. The molecule has 0 aliphatic carbocycles. The van der Waals surface area contributed by atoms with Crippen LogP contribution in [0.25, 0.3) is 10.9 Å². The van der Waals surface area contributed by atoms with Crippen molar-refractivity contribution in [3.05, 3.63) is 30.5 Å². The van der Waals surface area contributed by atoms with Crippen molar-refractivity contribution in [2.75, 3.05) is 57.6 Å². The highest BCUT2D eigenvalue weighted by Gasteiger charge is 2.10. The predicted molar refractivity (Wildman–Crippen MR) is 93.4 cm³/mol. The standard InChI is InChI=1S/C16H22N4O.CH4O/c17-14-4-5-15(13-3-1-6-19-16(13)14)18-7-2-8-20-9-11-21-12-10-20;1-2/h1,3-6,18H,2,7-12,17H2;2H,1H3/p+1. The van der Waals surface area contributed by atoms with Crippen LogP contribution in [0.2, 0.25) is 0 Å². The Labute approximate surface area is 137 Å². The Hall–Kier alpha value is -1.89. The number of aromatic nitrogens is 1. The van der Waals surface area contributed by atoms with E-state index in [1.54, 1.807) is 0 Å². The number of nitrogens with two attached hydrogens (primary N) is 1. The number of morpholine rings is 1. The van der Waals surface area contributed by atoms with Crippen molar-refractivity contribution in [3.8, 4) is 0 Å². The van der Waals surface area contributed by atoms with Crippen LogP contribution in [-0.2, 0) is 4.74 Å². The van der Waals surface area contributed by atoms with Crippen molar-refractivity contribution in [2.24, 2.45) is 0 Å². The lowest BCUT2D eigenvalue weighted by Gasteiger charge is -2.26. The summed E-state index contributed by atoms with van der Waals surface area (Å²) >= 11 is 0. The van der Waals surface area contributed by atoms with Gasteiger partial charge in [0.15, 0.2) is 6.20 Å². The molecule has 1 aromatic carbocycles. The maximum absolute atomic E-state index is 7.00. The summed E-state index contributed by atoms with van der Waals surface area (Å²) in [4.78, 5) is 5.67. The molecular weight excluding hydrogens is 292 g/mol. The van der Waals surface area contributed by atoms with Gasteiger partial charge in [-0.05, 0) is 31.2 Å². The number of nitrogens with one attached hydrogen (secondary N) is 2. The molecule has 0 spiro atoms. The van der Waals surface area contributed by atoms with Crippen LogP contribution >= 0.6 is 0 Å². The number of aliphatic hydroxyl groups is 1. The van der Waals surface area contributed by atoms with Crippen LogP contribution in [0.4, 0.5) is 11.4 Å². The Balaban J connectivity index is 0.000000924. The second-order valence-electron chi connectivity index (χ2n) is 5.40. The van der Waals surface area contributed by atoms with Gasteiger partial charge in [-0.25, -0.2) is 4.98 Å². The number of anilines is 2. The van der Waals surface area contributed by atoms with E-state index in [9.17, 15) is 0 Å². The summed E-state index contributed by atoms with van der Waals surface area (Å²) in [5.41, 5.74) is 8.91. The Morgan fingerprint density at radius 3 is 2.83 bits per heavy atom. The first-order valence-electron chi connectivity index (χ1n) is 8.02. The average Bonchev–Trinajstić information content (AvgIpc) is 2.63. The maximum atomic E-state index is 7.00. The minimum atomic E-state index is 0.782. The number of aromatic amines is 1. The topological polar surface area (TPSA) is 84.9 Å². The second kappa shape index (κ2) is 9.29. The van der Waals surface area contributed by atoms with Crippen molar-refractivity contribution < 1.29 is 14.8 Å². The first kappa shape index (κ1) is 17.5. The molecular formula is C17H27N4O2+. The molecule has 1 fully saturated rings. The molecule has 2 aromatic rings. The first-order valence-corrected chi connectivity index (χ1v) is 8.02. The molecule has 6 nitrogen and oxygen atoms in total. The average molecular weight is 319 g/mol. The van der Waals surface area contributed by atoms with Crippen molar-refractivity contribution in [1.82, 2.24) is 4.90 Å². The third-order valence-corrected chi connectivity index (χ3v) is 3.93. The number of fused-ring (bicyclic) bond motifs is 1. The predicted octanol–water partition coefficient (Wildman–Crippen LogP) is 0.979. The molecule has 1 aliphatic rings. The van der Waals surface area contributed by atoms with Gasteiger partial charge in [-0.1, -0.05) is 0 Å². The molecule has 1 aliphatic heterocycles. The van der Waals surface area contributed by atoms with Crippen molar-refractivity contribution in [3.63, 3.8) is 0 Å². The van der Waals surface area contributed by atoms with Gasteiger partial charge in [-0.2, -0.15) is 0 Å². The quantitative estimate of drug-likeness (QED) is 0.565. The summed E-state index contributed by atoms with van der Waals surface area (Å²) in [6.45, 7) is 5.93. The molecule has 23 heavy (non-hydrogen) atoms. The third kappa shape index (κ3) is 4.79. The van der Waals surface area contributed by atoms with E-state index >= 15 is 0 Å². The molecule has 0 radical (unpaired) electrons. The molecule has 1 saturated heterocycles. The number of aliphatic hydroxyl groups excluding tert-OH is 1. The lowest BCUT2D eigenvalue weighted by molar-refractivity contribution is -0.344. The van der Waals surface area contributed by atoms with Gasteiger partial charge < -0.3 is 20.9 Å². The lowest BCUT2D eigenvalue weighted by atomic mass is 10.1. The van der Waals surface area contributed by atoms with Crippen LogP contribution in [0, 0.1) is 0 Å². The van der Waals surface area contributed by atoms with E-state index in [1.807, 2.05) is 18.3 Å². The van der Waals surface area contributed by atoms with Crippen LogP contribution in [0.3, 0.4) is 0 Å². The zero-order valence-electron chi connectivity index (χ0n) is 13.7. The number of hydrogen-bond donors (Lipinski definition) is 3. The summed E-state index contributed by atoms with van der Waals surface area (Å²) in [6, 6.07) is 8.09. The van der Waals surface area contributed by atoms with Crippen molar-refractivity contribution >= 4 is 22.3 Å². The van der Waals surface area contributed by atoms with Crippen LogP contribution in [0.5, 0.6) is 0 Å². The SMILES string of the molecule is CO.Nc1ccc(NCCCN2CCOCC2)c2ccc[nH+]c12. The van der Waals surface area contributed by atoms with E-state index in [-0.39, 0.29) is 0 Å². The highest BCUT2D eigenvalue weighted by atomic mass is 16.5. The molecule has 5 N–H and O–H groups in total. The molecule has 0 atom stereocenters. The number of nitrogen functional groups attached to an aromatic ring is 1. The molecule has 0 bridgehead atoms. The molecule has 3 rings (SSSR count). The highest BCUT2D eigenvalue weighted by molar-refractivity contribution is 5.96. The van der Waals surface area contributed by atoms with Crippen LogP contribution < -0.4 is 16.0 Å². The van der Waals surface area contributed by atoms with Gasteiger partial charge in [-0.15, -0.1) is 0 Å². The van der Waals surface area contributed by atoms with Crippen molar-refractivity contribution in [2.45, 2.75) is 6.42 Å². The van der Waals surface area contributed by atoms with E-state index in [0.717, 1.165) is 75.2 Å². The Morgan fingerprint density at radius 1 is 1.26 bits per heavy atom. The van der Waals surface area contributed by atoms with E-state index in [0.29, 0.717) is 0 Å². The van der Waals surface area contributed by atoms with Crippen molar-refractivity contribution in [1.29, 1.82) is 0 Å². The summed E-state index contributed by atoms with van der Waals surface area (Å²) < 4.78 is 5.36. The molecule has 0 amide bonds. The molecule has 1 aromatic heterocycles. The smallest absolute Gasteiger partial charge is 0.236 e. The highest BCUT2D eigenvalue weighted by Crippen LogP contribution is 2.24. The summed E-state index contributed by atoms with van der Waals surface area (Å²) in [6.07, 6.45) is 3.03. The van der Waals surface area contributed by atoms with Gasteiger partial charge in [0.05, 0.1) is 18.6 Å². The number of nitrogens with zero attached hydrogens (tertiary/aromatic N) is 1. The fourth-order valence-corrected chi connectivity index (χ4v) is 2.75. The van der Waals surface area contributed by atoms with E-state index < -0.39 is 0 Å². The number of benzene rings is 1. The summed E-state index contributed by atoms with van der Waals surface area (Å²) in [5.74, 6) is 0. The number of rotatable bonds is 5. The van der Waals surface area contributed by atoms with E-state index in [2.05, 4.69) is 27.3 Å². The summed E-state index contributed by atoms with van der Waals surface area (Å²) in [7, 11) is 1.00. The number of ether oxygens (including phenoxy) is 1. The largest absolute Gasteiger partial charge is 0.400 e. The van der Waals surface area contributed by atoms with Crippen LogP contribution in [0.1, 0.15) is 6.42 Å². The van der Waals surface area contributed by atoms with E-state index in [4.69, 9.17) is 15.6 Å². The van der Waals surface area contributed by atoms with Gasteiger partial charge in [-0.3, -0.25) is 4.90 Å². The van der Waals surface area contributed by atoms with Gasteiger partial charge in [0.25, 0.3) is 0 Å². The molecule has 126 valence electrons. The molecule has 6 heteroatoms. The van der Waals surface area contributed by atoms with Gasteiger partial charge >= 0.3 is 0 Å². The zero-order chi connectivity index (χ0) is 16.5. The summed E-state index contributed by atoms with van der Waals surface area (Å²) in [5, 5.41) is 11.7. The fourth-order valence-electron chi connectivity index (χ4n) is 2.75. The Bertz CT molecular complexity index is 600. The number of H-pyrrole nitrogens is 1. The molecule has 0 unspecified atom stereocenters. The van der Waals surface area contributed by atoms with Gasteiger partial charge in [0.2, 0.25) is 5.52 Å². The minimum absolute atomic E-state index is 0.782. The van der Waals surface area contributed by atoms with Gasteiger partial charge in [0, 0.05) is 38.5 Å². The zero-order valence-corrected chi connectivity index (χ0v) is 13.7. The Morgan fingerprint density at radius 2 is 2.04 bits per heavy atom. The number of hydrogen-bond acceptors (Lipinski definition) is 5. The Kier molecular flexibility index (Phi) is 7.06. The molecule has 2 heterocycles. The second-order valence-corrected chi connectivity index (χ2v) is 5.40. The monoisotopic (exact) mass is 319 g/mol. The number of pyridine rings is 1. The van der Waals surface area contributed by atoms with Gasteiger partial charge in [0.1, 0.15) is 5.69 Å². The maximum Gasteiger partial charge on any atom is 0.236 e. The van der Waals surface area contributed by atoms with Crippen LogP contribution in [0.15, 0.2) is 30.5 Å². The van der Waals surface area contributed by atoms with E-state index in [1.165, 1.54) is 0 Å². The minimum Gasteiger partial charge on any atom is -0.400 e. The molecule has 0 saturated carbocycles. The van der Waals surface area contributed by atoms with Crippen LogP contribution in [-0.4, -0.2) is 56.5 Å². The lowest BCUT2D eigenvalue weighted by Crippen LogP contribution is -2.37.